The molecule has 1 N–H and O–H groups in total. The zero-order valence-electron chi connectivity index (χ0n) is 9.63. The van der Waals surface area contributed by atoms with E-state index in [0.29, 0.717) is 11.8 Å². The molecular weight excluding hydrogens is 205 g/mol. The van der Waals surface area contributed by atoms with Crippen molar-refractivity contribution in [2.75, 3.05) is 18.5 Å². The van der Waals surface area contributed by atoms with Gasteiger partial charge in [-0.15, -0.1) is 0 Å². The van der Waals surface area contributed by atoms with Crippen molar-refractivity contribution in [3.05, 3.63) is 29.6 Å². The summed E-state index contributed by atoms with van der Waals surface area (Å²) in [7, 11) is 0. The van der Waals surface area contributed by atoms with Crippen molar-refractivity contribution in [2.24, 2.45) is 0 Å². The third-order valence-electron chi connectivity index (χ3n) is 3.01. The minimum Gasteiger partial charge on any atom is -0.382 e. The van der Waals surface area contributed by atoms with Crippen LogP contribution in [-0.4, -0.2) is 19.3 Å². The van der Waals surface area contributed by atoms with Crippen LogP contribution in [0.5, 0.6) is 0 Å². The molecule has 1 aliphatic rings. The van der Waals surface area contributed by atoms with Gasteiger partial charge >= 0.3 is 0 Å². The maximum Gasteiger partial charge on any atom is 0.146 e. The van der Waals surface area contributed by atoms with Crippen molar-refractivity contribution in [3.63, 3.8) is 0 Å². The Morgan fingerprint density at radius 3 is 3.06 bits per heavy atom. The van der Waals surface area contributed by atoms with Gasteiger partial charge in [-0.2, -0.15) is 0 Å². The van der Waals surface area contributed by atoms with Gasteiger partial charge in [0.2, 0.25) is 0 Å². The summed E-state index contributed by atoms with van der Waals surface area (Å²) in [5.74, 6) is -0.174. The third kappa shape index (κ3) is 2.73. The quantitative estimate of drug-likeness (QED) is 0.846. The molecule has 3 heteroatoms. The summed E-state index contributed by atoms with van der Waals surface area (Å²) in [6.45, 7) is 3.56. The van der Waals surface area contributed by atoms with Gasteiger partial charge in [0, 0.05) is 13.2 Å². The van der Waals surface area contributed by atoms with E-state index in [-0.39, 0.29) is 5.82 Å². The van der Waals surface area contributed by atoms with Crippen LogP contribution in [0.15, 0.2) is 18.2 Å². The van der Waals surface area contributed by atoms with Gasteiger partial charge in [-0.05, 0) is 37.8 Å². The molecule has 0 saturated carbocycles. The molecule has 1 atom stereocenters. The molecule has 2 nitrogen and oxygen atoms in total. The Hall–Kier alpha value is -1.09. The Balaban J connectivity index is 1.84. The number of para-hydroxylation sites is 1. The maximum atomic E-state index is 13.5. The van der Waals surface area contributed by atoms with Gasteiger partial charge in [-0.3, -0.25) is 0 Å². The molecule has 88 valence electrons. The summed E-state index contributed by atoms with van der Waals surface area (Å²) in [6, 6.07) is 5.13. The van der Waals surface area contributed by atoms with Gasteiger partial charge in [0.1, 0.15) is 5.82 Å². The normalized spacial score (nSPS) is 20.0. The molecule has 0 spiro atoms. The van der Waals surface area contributed by atoms with Crippen molar-refractivity contribution in [3.8, 4) is 0 Å². The molecule has 1 aromatic rings. The number of ether oxygens (including phenoxy) is 1. The molecule has 1 fully saturated rings. The molecule has 1 aliphatic heterocycles. The zero-order chi connectivity index (χ0) is 11.4. The van der Waals surface area contributed by atoms with Crippen LogP contribution in [0, 0.1) is 12.7 Å². The van der Waals surface area contributed by atoms with Crippen LogP contribution in [0.2, 0.25) is 0 Å². The Morgan fingerprint density at radius 1 is 1.50 bits per heavy atom. The third-order valence-corrected chi connectivity index (χ3v) is 3.01. The lowest BCUT2D eigenvalue weighted by atomic mass is 10.1. The van der Waals surface area contributed by atoms with Crippen LogP contribution in [0.25, 0.3) is 0 Å². The highest BCUT2D eigenvalue weighted by Crippen LogP contribution is 2.20. The van der Waals surface area contributed by atoms with Gasteiger partial charge in [-0.25, -0.2) is 4.39 Å². The second kappa shape index (κ2) is 5.30. The minimum atomic E-state index is -0.174. The van der Waals surface area contributed by atoms with Gasteiger partial charge in [0.15, 0.2) is 0 Å². The fourth-order valence-electron chi connectivity index (χ4n) is 2.09. The predicted molar refractivity (Wildman–Crippen MR) is 63.2 cm³/mol. The number of hydrogen-bond acceptors (Lipinski definition) is 2. The van der Waals surface area contributed by atoms with Crippen molar-refractivity contribution in [2.45, 2.75) is 32.3 Å². The average molecular weight is 223 g/mol. The fraction of sp³-hybridized carbons (Fsp3) is 0.538. The lowest BCUT2D eigenvalue weighted by Crippen LogP contribution is -2.13. The number of hydrogen-bond donors (Lipinski definition) is 1. The molecule has 1 unspecified atom stereocenters. The summed E-state index contributed by atoms with van der Waals surface area (Å²) >= 11 is 0. The molecule has 16 heavy (non-hydrogen) atoms. The Labute approximate surface area is 95.8 Å². The summed E-state index contributed by atoms with van der Waals surface area (Å²) in [5.41, 5.74) is 1.58. The lowest BCUT2D eigenvalue weighted by molar-refractivity contribution is 0.107. The second-order valence-corrected chi connectivity index (χ2v) is 4.28. The van der Waals surface area contributed by atoms with E-state index in [1.165, 1.54) is 6.07 Å². The van der Waals surface area contributed by atoms with Crippen molar-refractivity contribution < 1.29 is 9.13 Å². The Kier molecular flexibility index (Phi) is 3.78. The number of aryl methyl sites for hydroxylation is 1. The first-order valence-corrected chi connectivity index (χ1v) is 5.88. The molecule has 0 aromatic heterocycles. The molecule has 0 amide bonds. The topological polar surface area (TPSA) is 21.3 Å². The van der Waals surface area contributed by atoms with Crippen molar-refractivity contribution in [1.82, 2.24) is 0 Å². The van der Waals surface area contributed by atoms with Gasteiger partial charge in [0.25, 0.3) is 0 Å². The first kappa shape index (κ1) is 11.4. The minimum absolute atomic E-state index is 0.174. The van der Waals surface area contributed by atoms with E-state index in [1.807, 2.05) is 13.0 Å². The number of rotatable bonds is 4. The van der Waals surface area contributed by atoms with E-state index < -0.39 is 0 Å². The first-order valence-electron chi connectivity index (χ1n) is 5.88. The molecule has 0 aliphatic carbocycles. The predicted octanol–water partition coefficient (Wildman–Crippen LogP) is 3.12. The second-order valence-electron chi connectivity index (χ2n) is 4.28. The number of nitrogens with one attached hydrogen (secondary N) is 1. The van der Waals surface area contributed by atoms with Gasteiger partial charge < -0.3 is 10.1 Å². The maximum absolute atomic E-state index is 13.5. The molecule has 1 aromatic carbocycles. The molecular formula is C13H18FNO. The number of anilines is 1. The monoisotopic (exact) mass is 223 g/mol. The Bertz CT molecular complexity index is 328. The Morgan fingerprint density at radius 2 is 2.38 bits per heavy atom. The molecule has 2 rings (SSSR count). The fourth-order valence-corrected chi connectivity index (χ4v) is 2.09. The summed E-state index contributed by atoms with van der Waals surface area (Å²) in [5, 5.41) is 3.15. The van der Waals surface area contributed by atoms with Crippen molar-refractivity contribution >= 4 is 5.69 Å². The SMILES string of the molecule is Cc1cccc(F)c1NCCC1CCCO1. The first-order chi connectivity index (χ1) is 7.77. The highest BCUT2D eigenvalue weighted by molar-refractivity contribution is 5.51. The molecule has 1 heterocycles. The van der Waals surface area contributed by atoms with Gasteiger partial charge in [-0.1, -0.05) is 12.1 Å². The highest BCUT2D eigenvalue weighted by atomic mass is 19.1. The van der Waals surface area contributed by atoms with Gasteiger partial charge in [0.05, 0.1) is 11.8 Å². The van der Waals surface area contributed by atoms with E-state index in [9.17, 15) is 4.39 Å². The summed E-state index contributed by atoms with van der Waals surface area (Å²) in [4.78, 5) is 0. The van der Waals surface area contributed by atoms with Crippen LogP contribution in [0.1, 0.15) is 24.8 Å². The van der Waals surface area contributed by atoms with Crippen LogP contribution >= 0.6 is 0 Å². The number of halogens is 1. The van der Waals surface area contributed by atoms with Crippen molar-refractivity contribution in [1.29, 1.82) is 0 Å². The highest BCUT2D eigenvalue weighted by Gasteiger charge is 2.15. The standard InChI is InChI=1S/C13H18FNO/c1-10-4-2-6-12(14)13(10)15-8-7-11-5-3-9-16-11/h2,4,6,11,15H,3,5,7-9H2,1H3. The van der Waals surface area contributed by atoms with Crippen LogP contribution in [0.4, 0.5) is 10.1 Å². The van der Waals surface area contributed by atoms with Crippen LogP contribution in [-0.2, 0) is 4.74 Å². The van der Waals surface area contributed by atoms with Crippen LogP contribution < -0.4 is 5.32 Å². The largest absolute Gasteiger partial charge is 0.382 e. The van der Waals surface area contributed by atoms with E-state index >= 15 is 0 Å². The summed E-state index contributed by atoms with van der Waals surface area (Å²) < 4.78 is 19.0. The molecule has 0 radical (unpaired) electrons. The molecule has 1 saturated heterocycles. The van der Waals surface area contributed by atoms with E-state index in [4.69, 9.17) is 4.74 Å². The van der Waals surface area contributed by atoms with E-state index in [0.717, 1.165) is 38.0 Å². The lowest BCUT2D eigenvalue weighted by Gasteiger charge is -2.13. The van der Waals surface area contributed by atoms with E-state index in [2.05, 4.69) is 5.32 Å². The summed E-state index contributed by atoms with van der Waals surface area (Å²) in [6.07, 6.45) is 3.61. The molecule has 0 bridgehead atoms. The average Bonchev–Trinajstić information content (AvgIpc) is 2.75. The van der Waals surface area contributed by atoms with Crippen LogP contribution in [0.3, 0.4) is 0 Å². The smallest absolute Gasteiger partial charge is 0.146 e. The number of benzene rings is 1. The zero-order valence-corrected chi connectivity index (χ0v) is 9.63. The van der Waals surface area contributed by atoms with E-state index in [1.54, 1.807) is 6.07 Å².